The maximum absolute atomic E-state index is 12.9. The van der Waals surface area contributed by atoms with Crippen LogP contribution >= 0.6 is 0 Å². The van der Waals surface area contributed by atoms with Gasteiger partial charge in [0.05, 0.1) is 13.0 Å². The number of benzene rings is 2. The molecular weight excluding hydrogens is 360 g/mol. The van der Waals surface area contributed by atoms with Gasteiger partial charge in [-0.15, -0.1) is 0 Å². The van der Waals surface area contributed by atoms with E-state index < -0.39 is 0 Å². The third-order valence-corrected chi connectivity index (χ3v) is 6.40. The van der Waals surface area contributed by atoms with Gasteiger partial charge in [0.2, 0.25) is 0 Å². The van der Waals surface area contributed by atoms with Crippen molar-refractivity contribution < 1.29 is 14.3 Å². The quantitative estimate of drug-likeness (QED) is 0.580. The predicted octanol–water partition coefficient (Wildman–Crippen LogP) is 5.88. The van der Waals surface area contributed by atoms with Gasteiger partial charge in [0.25, 0.3) is 0 Å². The van der Waals surface area contributed by atoms with Crippen LogP contribution in [0.5, 0.6) is 5.75 Å². The fraction of sp³-hybridized carbons (Fsp3) is 0.346. The van der Waals surface area contributed by atoms with Crippen molar-refractivity contribution in [1.82, 2.24) is 0 Å². The second kappa shape index (κ2) is 8.28. The average Bonchev–Trinajstić information content (AvgIpc) is 2.98. The number of fused-ring (bicyclic) bond motifs is 1. The van der Waals surface area contributed by atoms with Gasteiger partial charge < -0.3 is 9.47 Å². The van der Waals surface area contributed by atoms with Gasteiger partial charge in [-0.2, -0.15) is 0 Å². The highest BCUT2D eigenvalue weighted by molar-refractivity contribution is 5.80. The van der Waals surface area contributed by atoms with Crippen molar-refractivity contribution in [3.05, 3.63) is 82.9 Å². The largest absolute Gasteiger partial charge is 0.496 e. The minimum atomic E-state index is -0.0889. The zero-order valence-electron chi connectivity index (χ0n) is 17.4. The van der Waals surface area contributed by atoms with Crippen molar-refractivity contribution in [3.63, 3.8) is 0 Å². The Morgan fingerprint density at radius 3 is 2.48 bits per heavy atom. The molecule has 0 amide bonds. The van der Waals surface area contributed by atoms with Gasteiger partial charge in [-0.3, -0.25) is 4.79 Å². The van der Waals surface area contributed by atoms with Gasteiger partial charge in [-0.1, -0.05) is 54.6 Å². The van der Waals surface area contributed by atoms with Crippen LogP contribution in [0.15, 0.2) is 66.3 Å². The fourth-order valence-electron chi connectivity index (χ4n) is 4.73. The third-order valence-electron chi connectivity index (χ3n) is 6.40. The van der Waals surface area contributed by atoms with Crippen molar-refractivity contribution in [1.29, 1.82) is 0 Å². The van der Waals surface area contributed by atoms with Gasteiger partial charge >= 0.3 is 5.97 Å². The molecule has 2 aromatic rings. The van der Waals surface area contributed by atoms with Crippen LogP contribution in [0.25, 0.3) is 5.57 Å². The number of rotatable bonds is 6. The number of carbonyl (C=O) groups excluding carboxylic acids is 1. The summed E-state index contributed by atoms with van der Waals surface area (Å²) in [4.78, 5) is 12.9. The highest BCUT2D eigenvalue weighted by Gasteiger charge is 2.40. The zero-order chi connectivity index (χ0) is 20.4. The number of ether oxygens (including phenoxy) is 2. The first kappa shape index (κ1) is 19.5. The molecule has 1 saturated carbocycles. The monoisotopic (exact) mass is 388 g/mol. The molecule has 0 radical (unpaired) electrons. The number of hydrogen-bond donors (Lipinski definition) is 0. The van der Waals surface area contributed by atoms with E-state index in [9.17, 15) is 4.79 Å². The summed E-state index contributed by atoms with van der Waals surface area (Å²) in [6.45, 7) is 4.57. The van der Waals surface area contributed by atoms with Gasteiger partial charge in [0, 0.05) is 11.8 Å². The van der Waals surface area contributed by atoms with Crippen LogP contribution in [0, 0.1) is 5.92 Å². The molecule has 0 heterocycles. The molecule has 4 rings (SSSR count). The Balaban J connectivity index is 1.48. The summed E-state index contributed by atoms with van der Waals surface area (Å²) in [6.07, 6.45) is 6.08. The lowest BCUT2D eigenvalue weighted by atomic mass is 9.70. The normalized spacial score (nSPS) is 23.1. The third kappa shape index (κ3) is 3.50. The standard InChI is InChI=1S/C26H28O3/c1-4-9-18-17(2)19-10-5-6-11-20(19)24(18)16-29-26(27)23-15-14-21(23)22-12-7-8-13-25(22)28-3/h4-13,21,23-24H,14-16H2,1-3H3/b9-4-/t21-,23-,24?/m1/s1. The second-order valence-corrected chi connectivity index (χ2v) is 7.88. The summed E-state index contributed by atoms with van der Waals surface area (Å²) in [5.41, 5.74) is 6.14. The second-order valence-electron chi connectivity index (χ2n) is 7.88. The molecule has 0 aliphatic heterocycles. The summed E-state index contributed by atoms with van der Waals surface area (Å²) in [5.74, 6) is 0.971. The summed E-state index contributed by atoms with van der Waals surface area (Å²) in [5, 5.41) is 0. The van der Waals surface area contributed by atoms with E-state index in [4.69, 9.17) is 9.47 Å². The first-order valence-corrected chi connectivity index (χ1v) is 10.4. The van der Waals surface area contributed by atoms with Gasteiger partial charge in [0.15, 0.2) is 0 Å². The van der Waals surface area contributed by atoms with Gasteiger partial charge in [0.1, 0.15) is 12.4 Å². The van der Waals surface area contributed by atoms with Crippen molar-refractivity contribution in [2.45, 2.75) is 38.5 Å². The van der Waals surface area contributed by atoms with Crippen molar-refractivity contribution in [2.24, 2.45) is 5.92 Å². The maximum Gasteiger partial charge on any atom is 0.309 e. The lowest BCUT2D eigenvalue weighted by Gasteiger charge is -2.36. The summed E-state index contributed by atoms with van der Waals surface area (Å²) < 4.78 is 11.4. The number of carbonyl (C=O) groups is 1. The van der Waals surface area contributed by atoms with Gasteiger partial charge in [-0.05, 0) is 60.6 Å². The van der Waals surface area contributed by atoms with Crippen LogP contribution in [0.2, 0.25) is 0 Å². The predicted molar refractivity (Wildman–Crippen MR) is 116 cm³/mol. The first-order chi connectivity index (χ1) is 14.2. The molecule has 150 valence electrons. The van der Waals surface area contributed by atoms with E-state index in [0.29, 0.717) is 6.61 Å². The number of methoxy groups -OCH3 is 1. The summed E-state index contributed by atoms with van der Waals surface area (Å²) >= 11 is 0. The molecule has 1 fully saturated rings. The van der Waals surface area contributed by atoms with Gasteiger partial charge in [-0.25, -0.2) is 0 Å². The smallest absolute Gasteiger partial charge is 0.309 e. The van der Waals surface area contributed by atoms with E-state index >= 15 is 0 Å². The lowest BCUT2D eigenvalue weighted by Crippen LogP contribution is -2.33. The Kier molecular flexibility index (Phi) is 5.57. The number of esters is 1. The average molecular weight is 389 g/mol. The van der Waals surface area contributed by atoms with Crippen LogP contribution in [-0.2, 0) is 9.53 Å². The summed E-state index contributed by atoms with van der Waals surface area (Å²) in [7, 11) is 1.68. The number of para-hydroxylation sites is 1. The molecule has 1 unspecified atom stereocenters. The molecule has 0 N–H and O–H groups in total. The van der Waals surface area contributed by atoms with Crippen molar-refractivity contribution in [3.8, 4) is 5.75 Å². The molecule has 2 aromatic carbocycles. The van der Waals surface area contributed by atoms with Crippen LogP contribution in [0.3, 0.4) is 0 Å². The molecule has 3 atom stereocenters. The molecule has 3 nitrogen and oxygen atoms in total. The van der Waals surface area contributed by atoms with E-state index in [0.717, 1.165) is 24.2 Å². The zero-order valence-corrected chi connectivity index (χ0v) is 17.4. The molecule has 0 saturated heterocycles. The van der Waals surface area contributed by atoms with E-state index in [2.05, 4.69) is 49.4 Å². The Hall–Kier alpha value is -2.81. The van der Waals surface area contributed by atoms with E-state index in [1.807, 2.05) is 25.1 Å². The molecular formula is C26H28O3. The van der Waals surface area contributed by atoms with E-state index in [1.54, 1.807) is 7.11 Å². The topological polar surface area (TPSA) is 35.5 Å². The van der Waals surface area contributed by atoms with Crippen LogP contribution in [0.4, 0.5) is 0 Å². The Labute approximate surface area is 173 Å². The SMILES string of the molecule is C/C=C\C1=C(C)c2ccccc2C1COC(=O)[C@@H]1CC[C@@H]1c1ccccc1OC. The minimum absolute atomic E-state index is 0.0850. The van der Waals surface area contributed by atoms with Crippen LogP contribution in [0.1, 0.15) is 55.2 Å². The first-order valence-electron chi connectivity index (χ1n) is 10.4. The highest BCUT2D eigenvalue weighted by Crippen LogP contribution is 2.47. The van der Waals surface area contributed by atoms with E-state index in [1.165, 1.54) is 22.3 Å². The lowest BCUT2D eigenvalue weighted by molar-refractivity contribution is -0.152. The Morgan fingerprint density at radius 2 is 1.79 bits per heavy atom. The number of hydrogen-bond acceptors (Lipinski definition) is 3. The van der Waals surface area contributed by atoms with Crippen LogP contribution in [-0.4, -0.2) is 19.7 Å². The Morgan fingerprint density at radius 1 is 1.07 bits per heavy atom. The Bertz CT molecular complexity index is 969. The fourth-order valence-corrected chi connectivity index (χ4v) is 4.73. The molecule has 3 heteroatoms. The highest BCUT2D eigenvalue weighted by atomic mass is 16.5. The van der Waals surface area contributed by atoms with Crippen LogP contribution < -0.4 is 4.74 Å². The molecule has 2 aliphatic rings. The maximum atomic E-state index is 12.9. The number of allylic oxidation sites excluding steroid dienone is 3. The molecule has 2 aliphatic carbocycles. The molecule has 29 heavy (non-hydrogen) atoms. The molecule has 0 spiro atoms. The van der Waals surface area contributed by atoms with E-state index in [-0.39, 0.29) is 23.7 Å². The summed E-state index contributed by atoms with van der Waals surface area (Å²) in [6, 6.07) is 16.4. The minimum Gasteiger partial charge on any atom is -0.496 e. The molecule has 0 bridgehead atoms. The van der Waals surface area contributed by atoms with Crippen molar-refractivity contribution >= 4 is 11.5 Å². The molecule has 0 aromatic heterocycles. The van der Waals surface area contributed by atoms with Crippen molar-refractivity contribution in [2.75, 3.05) is 13.7 Å².